The summed E-state index contributed by atoms with van der Waals surface area (Å²) in [4.78, 5) is 14.3. The summed E-state index contributed by atoms with van der Waals surface area (Å²) in [6.45, 7) is 2.08. The van der Waals surface area contributed by atoms with E-state index in [4.69, 9.17) is 0 Å². The lowest BCUT2D eigenvalue weighted by molar-refractivity contribution is -0.132. The lowest BCUT2D eigenvalue weighted by Crippen LogP contribution is -2.42. The highest BCUT2D eigenvalue weighted by Crippen LogP contribution is 2.28. The Morgan fingerprint density at radius 3 is 2.82 bits per heavy atom. The van der Waals surface area contributed by atoms with E-state index in [1.807, 2.05) is 11.8 Å². The molecule has 3 nitrogen and oxygen atoms in total. The molecular weight excluding hydrogens is 232 g/mol. The third kappa shape index (κ3) is 4.18. The number of carbonyl (C=O) groups is 1. The Kier molecular flexibility index (Phi) is 5.16. The number of nitrogens with one attached hydrogen (secondary N) is 1. The zero-order valence-corrected chi connectivity index (χ0v) is 11.6. The highest BCUT2D eigenvalue weighted by atomic mass is 32.2. The second-order valence-corrected chi connectivity index (χ2v) is 6.15. The van der Waals surface area contributed by atoms with Crippen molar-refractivity contribution in [3.8, 4) is 0 Å². The van der Waals surface area contributed by atoms with Crippen LogP contribution in [0.4, 0.5) is 0 Å². The molecule has 1 atom stereocenters. The first-order valence-corrected chi connectivity index (χ1v) is 8.22. The van der Waals surface area contributed by atoms with Crippen LogP contribution in [-0.4, -0.2) is 48.0 Å². The SMILES string of the molecule is CSCCCC(=O)N(C[C@H]1CCCN1)C1CC1. The molecule has 1 N–H and O–H groups in total. The summed E-state index contributed by atoms with van der Waals surface area (Å²) in [5.74, 6) is 1.49. The van der Waals surface area contributed by atoms with Crippen LogP contribution >= 0.6 is 11.8 Å². The van der Waals surface area contributed by atoms with Gasteiger partial charge >= 0.3 is 0 Å². The maximum atomic E-state index is 12.2. The fourth-order valence-electron chi connectivity index (χ4n) is 2.50. The molecule has 17 heavy (non-hydrogen) atoms. The second kappa shape index (κ2) is 6.64. The van der Waals surface area contributed by atoms with Gasteiger partial charge in [-0.25, -0.2) is 0 Å². The zero-order chi connectivity index (χ0) is 12.1. The van der Waals surface area contributed by atoms with Gasteiger partial charge in [-0.2, -0.15) is 11.8 Å². The van der Waals surface area contributed by atoms with Crippen LogP contribution in [0.3, 0.4) is 0 Å². The minimum absolute atomic E-state index is 0.384. The molecule has 2 fully saturated rings. The zero-order valence-electron chi connectivity index (χ0n) is 10.8. The van der Waals surface area contributed by atoms with E-state index in [1.165, 1.54) is 25.7 Å². The van der Waals surface area contributed by atoms with E-state index in [0.29, 0.717) is 18.0 Å². The first-order valence-electron chi connectivity index (χ1n) is 6.83. The molecule has 2 aliphatic rings. The molecule has 0 aromatic rings. The smallest absolute Gasteiger partial charge is 0.222 e. The third-order valence-electron chi connectivity index (χ3n) is 3.63. The molecule has 1 amide bonds. The third-order valence-corrected chi connectivity index (χ3v) is 4.32. The van der Waals surface area contributed by atoms with Gasteiger partial charge < -0.3 is 10.2 Å². The van der Waals surface area contributed by atoms with E-state index < -0.39 is 0 Å². The lowest BCUT2D eigenvalue weighted by Gasteiger charge is -2.26. The number of hydrogen-bond acceptors (Lipinski definition) is 3. The van der Waals surface area contributed by atoms with Crippen LogP contribution < -0.4 is 5.32 Å². The molecule has 0 aromatic heterocycles. The molecule has 1 saturated carbocycles. The van der Waals surface area contributed by atoms with Gasteiger partial charge in [-0.05, 0) is 50.7 Å². The van der Waals surface area contributed by atoms with Crippen LogP contribution in [0.2, 0.25) is 0 Å². The van der Waals surface area contributed by atoms with Crippen molar-refractivity contribution in [3.05, 3.63) is 0 Å². The molecule has 0 bridgehead atoms. The van der Waals surface area contributed by atoms with Gasteiger partial charge in [-0.15, -0.1) is 0 Å². The molecule has 4 heteroatoms. The fourth-order valence-corrected chi connectivity index (χ4v) is 2.94. The van der Waals surface area contributed by atoms with E-state index in [0.717, 1.165) is 31.7 Å². The summed E-state index contributed by atoms with van der Waals surface area (Å²) in [7, 11) is 0. The monoisotopic (exact) mass is 256 g/mol. The van der Waals surface area contributed by atoms with Crippen molar-refractivity contribution in [2.24, 2.45) is 0 Å². The van der Waals surface area contributed by atoms with Gasteiger partial charge in [-0.3, -0.25) is 4.79 Å². The number of hydrogen-bond donors (Lipinski definition) is 1. The molecule has 0 aromatic carbocycles. The van der Waals surface area contributed by atoms with Gasteiger partial charge in [0.25, 0.3) is 0 Å². The van der Waals surface area contributed by atoms with E-state index in [9.17, 15) is 4.79 Å². The highest BCUT2D eigenvalue weighted by molar-refractivity contribution is 7.98. The largest absolute Gasteiger partial charge is 0.338 e. The number of thioether (sulfide) groups is 1. The first-order chi connectivity index (χ1) is 8.31. The van der Waals surface area contributed by atoms with Gasteiger partial charge in [0.1, 0.15) is 0 Å². The van der Waals surface area contributed by atoms with Crippen LogP contribution in [-0.2, 0) is 4.79 Å². The first kappa shape index (κ1) is 13.2. The van der Waals surface area contributed by atoms with Crippen molar-refractivity contribution in [2.45, 2.75) is 50.6 Å². The van der Waals surface area contributed by atoms with Crippen molar-refractivity contribution in [1.29, 1.82) is 0 Å². The highest BCUT2D eigenvalue weighted by Gasteiger charge is 2.33. The van der Waals surface area contributed by atoms with Crippen LogP contribution in [0, 0.1) is 0 Å². The molecule has 1 saturated heterocycles. The summed E-state index contributed by atoms with van der Waals surface area (Å²) >= 11 is 1.83. The minimum atomic E-state index is 0.384. The van der Waals surface area contributed by atoms with Gasteiger partial charge in [0.2, 0.25) is 5.91 Å². The number of nitrogens with zero attached hydrogens (tertiary/aromatic N) is 1. The van der Waals surface area contributed by atoms with Crippen molar-refractivity contribution < 1.29 is 4.79 Å². The molecule has 1 heterocycles. The molecule has 2 rings (SSSR count). The van der Waals surface area contributed by atoms with Gasteiger partial charge in [0.15, 0.2) is 0 Å². The molecule has 98 valence electrons. The summed E-state index contributed by atoms with van der Waals surface area (Å²) in [5, 5.41) is 3.49. The maximum Gasteiger partial charge on any atom is 0.222 e. The fraction of sp³-hybridized carbons (Fsp3) is 0.923. The summed E-state index contributed by atoms with van der Waals surface area (Å²) in [5.41, 5.74) is 0. The van der Waals surface area contributed by atoms with Crippen molar-refractivity contribution >= 4 is 17.7 Å². The molecule has 1 aliphatic heterocycles. The predicted molar refractivity (Wildman–Crippen MR) is 73.4 cm³/mol. The number of carbonyl (C=O) groups excluding carboxylic acids is 1. The summed E-state index contributed by atoms with van der Waals surface area (Å²) < 4.78 is 0. The molecular formula is C13H24N2OS. The van der Waals surface area contributed by atoms with Crippen molar-refractivity contribution in [3.63, 3.8) is 0 Å². The Balaban J connectivity index is 1.76. The molecule has 0 spiro atoms. The Morgan fingerprint density at radius 2 is 2.24 bits per heavy atom. The van der Waals surface area contributed by atoms with Gasteiger partial charge in [0, 0.05) is 25.0 Å². The van der Waals surface area contributed by atoms with Crippen molar-refractivity contribution in [1.82, 2.24) is 10.2 Å². The average Bonchev–Trinajstić information content (AvgIpc) is 3.03. The second-order valence-electron chi connectivity index (χ2n) is 5.17. The number of rotatable bonds is 7. The standard InChI is InChI=1S/C13H24N2OS/c1-17-9-3-5-13(16)15(12-6-7-12)10-11-4-2-8-14-11/h11-12,14H,2-10H2,1H3/t11-/m1/s1. The average molecular weight is 256 g/mol. The summed E-state index contributed by atoms with van der Waals surface area (Å²) in [6.07, 6.45) is 8.82. The van der Waals surface area contributed by atoms with Crippen LogP contribution in [0.1, 0.15) is 38.5 Å². The van der Waals surface area contributed by atoms with Crippen LogP contribution in [0.15, 0.2) is 0 Å². The van der Waals surface area contributed by atoms with Gasteiger partial charge in [-0.1, -0.05) is 0 Å². The molecule has 0 unspecified atom stereocenters. The lowest BCUT2D eigenvalue weighted by atomic mass is 10.2. The topological polar surface area (TPSA) is 32.3 Å². The minimum Gasteiger partial charge on any atom is -0.338 e. The van der Waals surface area contributed by atoms with Crippen LogP contribution in [0.5, 0.6) is 0 Å². The van der Waals surface area contributed by atoms with E-state index in [-0.39, 0.29) is 0 Å². The van der Waals surface area contributed by atoms with Gasteiger partial charge in [0.05, 0.1) is 0 Å². The van der Waals surface area contributed by atoms with Crippen molar-refractivity contribution in [2.75, 3.05) is 25.1 Å². The Morgan fingerprint density at radius 1 is 1.41 bits per heavy atom. The van der Waals surface area contributed by atoms with E-state index in [2.05, 4.69) is 16.5 Å². The normalized spacial score (nSPS) is 23.9. The number of amides is 1. The quantitative estimate of drug-likeness (QED) is 0.706. The summed E-state index contributed by atoms with van der Waals surface area (Å²) in [6, 6.07) is 1.12. The van der Waals surface area contributed by atoms with E-state index in [1.54, 1.807) is 0 Å². The van der Waals surface area contributed by atoms with Crippen LogP contribution in [0.25, 0.3) is 0 Å². The Labute approximate surface area is 109 Å². The molecule has 0 radical (unpaired) electrons. The maximum absolute atomic E-state index is 12.2. The molecule has 1 aliphatic carbocycles. The Hall–Kier alpha value is -0.220. The Bertz CT molecular complexity index is 250. The van der Waals surface area contributed by atoms with E-state index >= 15 is 0 Å². The predicted octanol–water partition coefficient (Wildman–Crippen LogP) is 1.87.